The molecule has 2 aromatic rings. The molecule has 3 saturated heterocycles. The lowest BCUT2D eigenvalue weighted by atomic mass is 9.79. The van der Waals surface area contributed by atoms with Crippen molar-refractivity contribution < 1.29 is 9.53 Å². The van der Waals surface area contributed by atoms with Gasteiger partial charge in [-0.3, -0.25) is 9.69 Å². The molecular weight excluding hydrogens is 348 g/mol. The van der Waals surface area contributed by atoms with Crippen LogP contribution in [0.15, 0.2) is 30.3 Å². The molecule has 3 aliphatic heterocycles. The van der Waals surface area contributed by atoms with Gasteiger partial charge in [-0.25, -0.2) is 0 Å². The molecule has 1 N–H and O–H groups in total. The first-order chi connectivity index (χ1) is 12.6. The Labute approximate surface area is 156 Å². The highest BCUT2D eigenvalue weighted by molar-refractivity contribution is 7.06. The number of aromatic nitrogens is 1. The number of amides is 1. The predicted molar refractivity (Wildman–Crippen MR) is 98.4 cm³/mol. The number of carbonyl (C=O) groups is 1. The van der Waals surface area contributed by atoms with Gasteiger partial charge in [0.15, 0.2) is 0 Å². The topological polar surface area (TPSA) is 78.2 Å². The summed E-state index contributed by atoms with van der Waals surface area (Å²) in [5.74, 6) is 1.53. The minimum atomic E-state index is -0.0393. The number of nitriles is 1. The Morgan fingerprint density at radius 1 is 1.35 bits per heavy atom. The fourth-order valence-corrected chi connectivity index (χ4v) is 4.41. The quantitative estimate of drug-likeness (QED) is 0.897. The molecule has 1 aromatic heterocycles. The summed E-state index contributed by atoms with van der Waals surface area (Å²) >= 11 is 1.10. The minimum Gasteiger partial charge on any atom is -0.438 e. The summed E-state index contributed by atoms with van der Waals surface area (Å²) in [4.78, 5) is 15.6. The maximum Gasteiger partial charge on any atom is 0.251 e. The van der Waals surface area contributed by atoms with Crippen molar-refractivity contribution in [2.75, 3.05) is 13.1 Å². The third-order valence-electron chi connectivity index (χ3n) is 5.41. The van der Waals surface area contributed by atoms with Crippen LogP contribution in [0.25, 0.3) is 0 Å². The van der Waals surface area contributed by atoms with E-state index in [1.807, 2.05) is 6.07 Å². The molecule has 0 saturated carbocycles. The van der Waals surface area contributed by atoms with Gasteiger partial charge in [-0.15, -0.1) is 0 Å². The van der Waals surface area contributed by atoms with Crippen molar-refractivity contribution in [2.45, 2.75) is 31.8 Å². The fourth-order valence-electron chi connectivity index (χ4n) is 3.93. The van der Waals surface area contributed by atoms with Gasteiger partial charge in [-0.2, -0.15) is 9.64 Å². The lowest BCUT2D eigenvalue weighted by Crippen LogP contribution is -2.62. The van der Waals surface area contributed by atoms with Gasteiger partial charge in [0, 0.05) is 23.7 Å². The molecule has 1 amide bonds. The molecular formula is C19H20N4O2S. The molecule has 2 bridgehead atoms. The van der Waals surface area contributed by atoms with Gasteiger partial charge >= 0.3 is 0 Å². The summed E-state index contributed by atoms with van der Waals surface area (Å²) in [6.45, 7) is 4.50. The van der Waals surface area contributed by atoms with Gasteiger partial charge in [0.2, 0.25) is 5.88 Å². The second-order valence-electron chi connectivity index (χ2n) is 6.88. The normalized spacial score (nSPS) is 26.9. The fraction of sp³-hybridized carbons (Fsp3) is 0.421. The Morgan fingerprint density at radius 3 is 2.69 bits per heavy atom. The summed E-state index contributed by atoms with van der Waals surface area (Å²) in [5.41, 5.74) is 0.622. The van der Waals surface area contributed by atoms with Crippen LogP contribution in [0.2, 0.25) is 0 Å². The smallest absolute Gasteiger partial charge is 0.251 e. The van der Waals surface area contributed by atoms with Crippen LogP contribution in [0.4, 0.5) is 0 Å². The first-order valence-corrected chi connectivity index (χ1v) is 9.61. The van der Waals surface area contributed by atoms with Crippen LogP contribution in [0, 0.1) is 17.2 Å². The van der Waals surface area contributed by atoms with E-state index in [1.165, 1.54) is 12.8 Å². The first kappa shape index (κ1) is 17.0. The van der Waals surface area contributed by atoms with E-state index in [-0.39, 0.29) is 11.9 Å². The lowest BCUT2D eigenvalue weighted by molar-refractivity contribution is 0.0217. The van der Waals surface area contributed by atoms with Gasteiger partial charge in [0.25, 0.3) is 5.91 Å². The Hall–Kier alpha value is -2.43. The van der Waals surface area contributed by atoms with Crippen LogP contribution in [0.5, 0.6) is 11.6 Å². The zero-order chi connectivity index (χ0) is 18.1. The Bertz CT molecular complexity index is 832. The van der Waals surface area contributed by atoms with Crippen molar-refractivity contribution in [3.63, 3.8) is 0 Å². The Kier molecular flexibility index (Phi) is 4.62. The van der Waals surface area contributed by atoms with Gasteiger partial charge in [-0.1, -0.05) is 0 Å². The van der Waals surface area contributed by atoms with Gasteiger partial charge in [0.05, 0.1) is 0 Å². The molecule has 2 atom stereocenters. The van der Waals surface area contributed by atoms with Gasteiger partial charge in [-0.05, 0) is 74.6 Å². The number of nitrogens with zero attached hydrogens (tertiary/aromatic N) is 3. The van der Waals surface area contributed by atoms with Crippen LogP contribution in [-0.2, 0) is 0 Å². The number of rotatable bonds is 4. The summed E-state index contributed by atoms with van der Waals surface area (Å²) in [6, 6.07) is 11.3. The molecule has 0 radical (unpaired) electrons. The molecule has 26 heavy (non-hydrogen) atoms. The third-order valence-corrected chi connectivity index (χ3v) is 6.09. The van der Waals surface area contributed by atoms with Crippen LogP contribution in [0.3, 0.4) is 0 Å². The van der Waals surface area contributed by atoms with Crippen molar-refractivity contribution >= 4 is 17.4 Å². The van der Waals surface area contributed by atoms with Gasteiger partial charge < -0.3 is 10.1 Å². The highest BCUT2D eigenvalue weighted by Crippen LogP contribution is 2.32. The monoisotopic (exact) mass is 368 g/mol. The highest BCUT2D eigenvalue weighted by Gasteiger charge is 2.40. The predicted octanol–water partition coefficient (Wildman–Crippen LogP) is 3.02. The summed E-state index contributed by atoms with van der Waals surface area (Å²) < 4.78 is 9.67. The van der Waals surface area contributed by atoms with E-state index in [4.69, 9.17) is 10.00 Å². The number of hydrogen-bond acceptors (Lipinski definition) is 6. The van der Waals surface area contributed by atoms with Crippen molar-refractivity contribution in [3.05, 3.63) is 40.8 Å². The number of fused-ring (bicyclic) bond motifs is 3. The highest BCUT2D eigenvalue weighted by atomic mass is 32.1. The summed E-state index contributed by atoms with van der Waals surface area (Å²) in [6.07, 6.45) is 2.33. The second kappa shape index (κ2) is 7.06. The van der Waals surface area contributed by atoms with E-state index in [0.717, 1.165) is 24.6 Å². The van der Waals surface area contributed by atoms with Crippen molar-refractivity contribution in [1.29, 1.82) is 5.26 Å². The van der Waals surface area contributed by atoms with E-state index in [2.05, 4.69) is 21.5 Å². The number of nitrogens with one attached hydrogen (secondary N) is 1. The summed E-state index contributed by atoms with van der Waals surface area (Å²) in [7, 11) is 0. The number of piperidine rings is 3. The van der Waals surface area contributed by atoms with E-state index in [1.54, 1.807) is 30.3 Å². The molecule has 134 valence electrons. The Morgan fingerprint density at radius 2 is 2.08 bits per heavy atom. The zero-order valence-corrected chi connectivity index (χ0v) is 15.3. The first-order valence-electron chi connectivity index (χ1n) is 8.83. The van der Waals surface area contributed by atoms with Crippen LogP contribution < -0.4 is 10.1 Å². The largest absolute Gasteiger partial charge is 0.438 e. The molecule has 5 rings (SSSR count). The molecule has 0 spiro atoms. The number of hydrogen-bond donors (Lipinski definition) is 1. The molecule has 4 heterocycles. The zero-order valence-electron chi connectivity index (χ0n) is 14.5. The van der Waals surface area contributed by atoms with E-state index >= 15 is 0 Å². The van der Waals surface area contributed by atoms with E-state index in [0.29, 0.717) is 34.0 Å². The van der Waals surface area contributed by atoms with Crippen LogP contribution in [0.1, 0.15) is 35.0 Å². The van der Waals surface area contributed by atoms with Crippen molar-refractivity contribution in [2.24, 2.45) is 5.92 Å². The number of ether oxygens (including phenoxy) is 1. The number of benzene rings is 1. The average Bonchev–Trinajstić information content (AvgIpc) is 3.13. The average molecular weight is 368 g/mol. The molecule has 0 aliphatic carbocycles. The maximum absolute atomic E-state index is 12.6. The molecule has 6 nitrogen and oxygen atoms in total. The summed E-state index contributed by atoms with van der Waals surface area (Å²) in [5, 5.41) is 12.1. The van der Waals surface area contributed by atoms with E-state index in [9.17, 15) is 4.79 Å². The van der Waals surface area contributed by atoms with Crippen LogP contribution in [-0.4, -0.2) is 40.4 Å². The standard InChI is InChI=1S/C19H20N4O2S/c1-12-18(13-6-8-23(12)9-7-13)21-19(24)14-2-4-15(5-3-14)25-17-10-16(11-20)26-22-17/h2-5,10,12-13,18H,6-9H2,1H3,(H,21,24)/t12-,18-/m0/s1. The van der Waals surface area contributed by atoms with Crippen LogP contribution >= 0.6 is 11.5 Å². The minimum absolute atomic E-state index is 0.0393. The third kappa shape index (κ3) is 3.30. The molecule has 7 heteroatoms. The molecule has 3 fully saturated rings. The molecule has 0 unspecified atom stereocenters. The molecule has 1 aromatic carbocycles. The van der Waals surface area contributed by atoms with E-state index < -0.39 is 0 Å². The van der Waals surface area contributed by atoms with Gasteiger partial charge in [0.1, 0.15) is 16.7 Å². The van der Waals surface area contributed by atoms with Crippen molar-refractivity contribution in [3.8, 4) is 17.7 Å². The van der Waals surface area contributed by atoms with Crippen molar-refractivity contribution in [1.82, 2.24) is 14.6 Å². The maximum atomic E-state index is 12.6. The SMILES string of the molecule is C[C@H]1[C@H](NC(=O)c2ccc(Oc3cc(C#N)sn3)cc2)C2CCN1CC2. The number of carbonyl (C=O) groups excluding carboxylic acids is 1. The lowest BCUT2D eigenvalue weighted by Gasteiger charge is -2.49. The molecule has 3 aliphatic rings. The Balaban J connectivity index is 1.40. The second-order valence-corrected chi connectivity index (χ2v) is 7.69.